The summed E-state index contributed by atoms with van der Waals surface area (Å²) in [7, 11) is 2.26. The van der Waals surface area contributed by atoms with E-state index in [-0.39, 0.29) is 0 Å². The second-order valence-corrected chi connectivity index (χ2v) is 6.09. The highest BCUT2D eigenvalue weighted by atomic mass is 16.5. The molecule has 0 radical (unpaired) electrons. The van der Waals surface area contributed by atoms with Crippen molar-refractivity contribution in [3.8, 4) is 5.75 Å². The smallest absolute Gasteiger partial charge is 0.119 e. The van der Waals surface area contributed by atoms with E-state index in [4.69, 9.17) is 4.74 Å². The average molecular weight is 271 g/mol. The van der Waals surface area contributed by atoms with Crippen molar-refractivity contribution < 1.29 is 4.74 Å². The van der Waals surface area contributed by atoms with Crippen molar-refractivity contribution >= 4 is 5.57 Å². The van der Waals surface area contributed by atoms with Crippen molar-refractivity contribution in [1.82, 2.24) is 4.90 Å². The molecule has 20 heavy (non-hydrogen) atoms. The lowest BCUT2D eigenvalue weighted by atomic mass is 9.95. The molecule has 0 amide bonds. The van der Waals surface area contributed by atoms with Crippen LogP contribution < -0.4 is 4.74 Å². The maximum absolute atomic E-state index is 5.73. The van der Waals surface area contributed by atoms with Crippen LogP contribution in [-0.2, 0) is 0 Å². The van der Waals surface area contributed by atoms with Crippen LogP contribution in [0.1, 0.15) is 44.6 Å². The Morgan fingerprint density at radius 1 is 1.20 bits per heavy atom. The molecule has 2 heterocycles. The highest BCUT2D eigenvalue weighted by Gasteiger charge is 2.33. The second-order valence-electron chi connectivity index (χ2n) is 6.09. The third-order valence-electron chi connectivity index (χ3n) is 4.74. The Morgan fingerprint density at radius 2 is 2.00 bits per heavy atom. The first-order valence-electron chi connectivity index (χ1n) is 7.94. The monoisotopic (exact) mass is 271 g/mol. The molecule has 2 heteroatoms. The van der Waals surface area contributed by atoms with E-state index in [9.17, 15) is 0 Å². The maximum Gasteiger partial charge on any atom is 0.119 e. The molecule has 1 fully saturated rings. The van der Waals surface area contributed by atoms with E-state index < -0.39 is 0 Å². The molecular weight excluding hydrogens is 246 g/mol. The Labute approximate surface area is 122 Å². The van der Waals surface area contributed by atoms with Gasteiger partial charge >= 0.3 is 0 Å². The fraction of sp³-hybridized carbons (Fsp3) is 0.556. The molecule has 2 atom stereocenters. The fourth-order valence-corrected chi connectivity index (χ4v) is 3.36. The number of fused-ring (bicyclic) bond motifs is 2. The van der Waals surface area contributed by atoms with Crippen molar-refractivity contribution in [3.63, 3.8) is 0 Å². The molecule has 0 aliphatic carbocycles. The summed E-state index contributed by atoms with van der Waals surface area (Å²) in [6, 6.07) is 10.1. The minimum Gasteiger partial charge on any atom is -0.494 e. The number of ether oxygens (including phenoxy) is 1. The Bertz CT molecular complexity index is 477. The van der Waals surface area contributed by atoms with E-state index >= 15 is 0 Å². The fourth-order valence-electron chi connectivity index (χ4n) is 3.36. The van der Waals surface area contributed by atoms with E-state index in [2.05, 4.69) is 49.2 Å². The molecule has 2 aliphatic rings. The first kappa shape index (κ1) is 13.7. The summed E-state index contributed by atoms with van der Waals surface area (Å²) in [5, 5.41) is 0. The standard InChI is InChI=1S/C18H25NO/c1-3-4-11-20-18-9-5-14(6-10-18)15-12-16-7-8-17(13-15)19(16)2/h5-6,9-10,12,16-17H,3-4,7-8,11,13H2,1-2H3. The summed E-state index contributed by atoms with van der Waals surface area (Å²) in [4.78, 5) is 2.53. The van der Waals surface area contributed by atoms with Gasteiger partial charge in [0.1, 0.15) is 5.75 Å². The maximum atomic E-state index is 5.73. The van der Waals surface area contributed by atoms with Gasteiger partial charge in [0.25, 0.3) is 0 Å². The number of likely N-dealkylation sites (N-methyl/N-ethyl adjacent to an activating group) is 1. The predicted molar refractivity (Wildman–Crippen MR) is 84.0 cm³/mol. The van der Waals surface area contributed by atoms with Crippen LogP contribution in [0.4, 0.5) is 0 Å². The van der Waals surface area contributed by atoms with Crippen molar-refractivity contribution in [2.75, 3.05) is 13.7 Å². The molecular formula is C18H25NO. The van der Waals surface area contributed by atoms with Gasteiger partial charge in [-0.15, -0.1) is 0 Å². The van der Waals surface area contributed by atoms with Crippen LogP contribution in [-0.4, -0.2) is 30.6 Å². The van der Waals surface area contributed by atoms with Gasteiger partial charge in [0.2, 0.25) is 0 Å². The van der Waals surface area contributed by atoms with Crippen LogP contribution >= 0.6 is 0 Å². The molecule has 1 aromatic carbocycles. The van der Waals surface area contributed by atoms with Crippen LogP contribution in [0.2, 0.25) is 0 Å². The van der Waals surface area contributed by atoms with Crippen LogP contribution in [0.5, 0.6) is 5.75 Å². The number of nitrogens with zero attached hydrogens (tertiary/aromatic N) is 1. The second kappa shape index (κ2) is 6.01. The Kier molecular flexibility index (Phi) is 4.11. The van der Waals surface area contributed by atoms with Crippen molar-refractivity contribution in [2.24, 2.45) is 0 Å². The number of rotatable bonds is 5. The average Bonchev–Trinajstić information content (AvgIpc) is 2.69. The van der Waals surface area contributed by atoms with Crippen molar-refractivity contribution in [2.45, 2.75) is 51.1 Å². The first-order valence-corrected chi connectivity index (χ1v) is 7.94. The zero-order valence-electron chi connectivity index (χ0n) is 12.6. The zero-order chi connectivity index (χ0) is 13.9. The third kappa shape index (κ3) is 2.76. The molecule has 2 unspecified atom stereocenters. The normalized spacial score (nSPS) is 25.6. The summed E-state index contributed by atoms with van der Waals surface area (Å²) >= 11 is 0. The van der Waals surface area contributed by atoms with Gasteiger partial charge in [-0.05, 0) is 56.0 Å². The summed E-state index contributed by atoms with van der Waals surface area (Å²) in [6.07, 6.45) is 8.64. The van der Waals surface area contributed by atoms with Crippen LogP contribution in [0, 0.1) is 0 Å². The van der Waals surface area contributed by atoms with Crippen LogP contribution in [0.25, 0.3) is 5.57 Å². The molecule has 0 spiro atoms. The lowest BCUT2D eigenvalue weighted by Gasteiger charge is -2.30. The lowest BCUT2D eigenvalue weighted by Crippen LogP contribution is -2.34. The van der Waals surface area contributed by atoms with E-state index in [0.717, 1.165) is 24.8 Å². The molecule has 0 N–H and O–H groups in total. The first-order chi connectivity index (χ1) is 9.78. The zero-order valence-corrected chi connectivity index (χ0v) is 12.6. The number of hydrogen-bond donors (Lipinski definition) is 0. The minimum atomic E-state index is 0.657. The highest BCUT2D eigenvalue weighted by molar-refractivity contribution is 5.68. The van der Waals surface area contributed by atoms with Gasteiger partial charge in [-0.3, -0.25) is 4.90 Å². The van der Waals surface area contributed by atoms with E-state index in [1.54, 1.807) is 0 Å². The van der Waals surface area contributed by atoms with Gasteiger partial charge in [-0.1, -0.05) is 31.6 Å². The molecule has 1 saturated heterocycles. The minimum absolute atomic E-state index is 0.657. The van der Waals surface area contributed by atoms with E-state index in [0.29, 0.717) is 6.04 Å². The number of benzene rings is 1. The molecule has 2 bridgehead atoms. The molecule has 0 saturated carbocycles. The van der Waals surface area contributed by atoms with Gasteiger partial charge in [0, 0.05) is 12.1 Å². The predicted octanol–water partition coefficient (Wildman–Crippen LogP) is 4.12. The van der Waals surface area contributed by atoms with Gasteiger partial charge in [0.15, 0.2) is 0 Å². The summed E-state index contributed by atoms with van der Waals surface area (Å²) in [6.45, 7) is 3.01. The topological polar surface area (TPSA) is 12.5 Å². The largest absolute Gasteiger partial charge is 0.494 e. The number of unbranched alkanes of at least 4 members (excludes halogenated alkanes) is 1. The van der Waals surface area contributed by atoms with Gasteiger partial charge in [-0.25, -0.2) is 0 Å². The summed E-state index contributed by atoms with van der Waals surface area (Å²) < 4.78 is 5.73. The molecule has 1 aromatic rings. The van der Waals surface area contributed by atoms with Gasteiger partial charge in [-0.2, -0.15) is 0 Å². The van der Waals surface area contributed by atoms with Crippen molar-refractivity contribution in [1.29, 1.82) is 0 Å². The Morgan fingerprint density at radius 3 is 2.70 bits per heavy atom. The van der Waals surface area contributed by atoms with Crippen LogP contribution in [0.3, 0.4) is 0 Å². The lowest BCUT2D eigenvalue weighted by molar-refractivity contribution is 0.264. The highest BCUT2D eigenvalue weighted by Crippen LogP contribution is 2.37. The van der Waals surface area contributed by atoms with E-state index in [1.165, 1.54) is 36.8 Å². The number of hydrogen-bond acceptors (Lipinski definition) is 2. The summed E-state index contributed by atoms with van der Waals surface area (Å²) in [5.41, 5.74) is 2.90. The molecule has 3 rings (SSSR count). The van der Waals surface area contributed by atoms with Crippen molar-refractivity contribution in [3.05, 3.63) is 35.9 Å². The molecule has 2 nitrogen and oxygen atoms in total. The van der Waals surface area contributed by atoms with Gasteiger partial charge in [0.05, 0.1) is 6.61 Å². The molecule has 2 aliphatic heterocycles. The Balaban J connectivity index is 1.68. The Hall–Kier alpha value is -1.28. The SMILES string of the molecule is CCCCOc1ccc(C2=CC3CCC(C2)N3C)cc1. The van der Waals surface area contributed by atoms with E-state index in [1.807, 2.05) is 0 Å². The molecule has 0 aromatic heterocycles. The molecule has 108 valence electrons. The third-order valence-corrected chi connectivity index (χ3v) is 4.74. The van der Waals surface area contributed by atoms with Gasteiger partial charge < -0.3 is 4.74 Å². The summed E-state index contributed by atoms with van der Waals surface area (Å²) in [5.74, 6) is 0.999. The van der Waals surface area contributed by atoms with Crippen LogP contribution in [0.15, 0.2) is 30.3 Å². The quantitative estimate of drug-likeness (QED) is 0.747.